The third kappa shape index (κ3) is 3.68. The first-order valence-corrected chi connectivity index (χ1v) is 6.40. The monoisotopic (exact) mass is 259 g/mol. The van der Waals surface area contributed by atoms with E-state index >= 15 is 0 Å². The summed E-state index contributed by atoms with van der Waals surface area (Å²) in [5.74, 6) is -0.423. The average molecular weight is 259 g/mol. The maximum atomic E-state index is 11.8. The standard InChI is InChI=1S/C15H17NO3/c1-12(11-13-5-3-2-4-6-13)7-8-14(17)16-9-10-19-15(16)18/h2-6,9-10,12H,7-8,11H2,1H3. The summed E-state index contributed by atoms with van der Waals surface area (Å²) < 4.78 is 5.60. The molecule has 0 radical (unpaired) electrons. The maximum absolute atomic E-state index is 11.8. The number of benzene rings is 1. The average Bonchev–Trinajstić information content (AvgIpc) is 2.83. The number of oxazole rings is 1. The normalized spacial score (nSPS) is 12.3. The summed E-state index contributed by atoms with van der Waals surface area (Å²) in [5, 5.41) is 0. The van der Waals surface area contributed by atoms with Gasteiger partial charge < -0.3 is 4.42 Å². The summed E-state index contributed by atoms with van der Waals surface area (Å²) in [6, 6.07) is 10.2. The molecule has 0 bridgehead atoms. The lowest BCUT2D eigenvalue weighted by Crippen LogP contribution is -2.22. The highest BCUT2D eigenvalue weighted by Gasteiger charge is 2.11. The summed E-state index contributed by atoms with van der Waals surface area (Å²) in [7, 11) is 0. The van der Waals surface area contributed by atoms with Crippen LogP contribution in [0.1, 0.15) is 30.1 Å². The fourth-order valence-electron chi connectivity index (χ4n) is 2.06. The number of aromatic nitrogens is 1. The second-order valence-corrected chi connectivity index (χ2v) is 4.77. The zero-order valence-corrected chi connectivity index (χ0v) is 10.9. The molecule has 0 N–H and O–H groups in total. The van der Waals surface area contributed by atoms with Crippen LogP contribution < -0.4 is 5.76 Å². The van der Waals surface area contributed by atoms with Gasteiger partial charge in [0.15, 0.2) is 0 Å². The zero-order chi connectivity index (χ0) is 13.7. The van der Waals surface area contributed by atoms with Crippen LogP contribution in [0.25, 0.3) is 0 Å². The van der Waals surface area contributed by atoms with E-state index in [0.29, 0.717) is 12.3 Å². The highest BCUT2D eigenvalue weighted by Crippen LogP contribution is 2.13. The van der Waals surface area contributed by atoms with Gasteiger partial charge in [-0.2, -0.15) is 0 Å². The van der Waals surface area contributed by atoms with Crippen molar-refractivity contribution < 1.29 is 9.21 Å². The third-order valence-corrected chi connectivity index (χ3v) is 3.12. The lowest BCUT2D eigenvalue weighted by molar-refractivity contribution is 0.0885. The van der Waals surface area contributed by atoms with Crippen LogP contribution in [-0.2, 0) is 6.42 Å². The number of carbonyl (C=O) groups is 1. The number of hydrogen-bond acceptors (Lipinski definition) is 3. The number of nitrogens with zero attached hydrogens (tertiary/aromatic N) is 1. The van der Waals surface area contributed by atoms with Crippen molar-refractivity contribution in [1.29, 1.82) is 0 Å². The Hall–Kier alpha value is -2.10. The van der Waals surface area contributed by atoms with Gasteiger partial charge in [-0.05, 0) is 24.3 Å². The maximum Gasteiger partial charge on any atom is 0.425 e. The van der Waals surface area contributed by atoms with Crippen molar-refractivity contribution >= 4 is 5.91 Å². The zero-order valence-electron chi connectivity index (χ0n) is 10.9. The predicted molar refractivity (Wildman–Crippen MR) is 72.1 cm³/mol. The van der Waals surface area contributed by atoms with E-state index < -0.39 is 5.76 Å². The molecule has 100 valence electrons. The molecule has 0 aliphatic rings. The lowest BCUT2D eigenvalue weighted by atomic mass is 9.96. The number of hydrogen-bond donors (Lipinski definition) is 0. The molecule has 0 amide bonds. The largest absolute Gasteiger partial charge is 0.425 e. The molecule has 1 unspecified atom stereocenters. The number of carbonyl (C=O) groups excluding carboxylic acids is 1. The van der Waals surface area contributed by atoms with E-state index in [9.17, 15) is 9.59 Å². The van der Waals surface area contributed by atoms with Crippen LogP contribution in [0, 0.1) is 5.92 Å². The molecule has 4 heteroatoms. The predicted octanol–water partition coefficient (Wildman–Crippen LogP) is 2.74. The minimum Gasteiger partial charge on any atom is -0.416 e. The van der Waals surface area contributed by atoms with Crippen molar-refractivity contribution in [1.82, 2.24) is 4.57 Å². The Balaban J connectivity index is 1.84. The molecule has 1 atom stereocenters. The Bertz CT molecular complexity index is 583. The minimum absolute atomic E-state index is 0.210. The van der Waals surface area contributed by atoms with Gasteiger partial charge in [0.2, 0.25) is 5.91 Å². The lowest BCUT2D eigenvalue weighted by Gasteiger charge is -2.10. The first-order chi connectivity index (χ1) is 9.16. The summed E-state index contributed by atoms with van der Waals surface area (Å²) in [6.45, 7) is 2.11. The van der Waals surface area contributed by atoms with E-state index in [0.717, 1.165) is 17.4 Å². The van der Waals surface area contributed by atoms with Crippen LogP contribution >= 0.6 is 0 Å². The second kappa shape index (κ2) is 6.18. The summed E-state index contributed by atoms with van der Waals surface area (Å²) in [4.78, 5) is 23.0. The van der Waals surface area contributed by atoms with Crippen LogP contribution in [0.2, 0.25) is 0 Å². The van der Waals surface area contributed by atoms with Gasteiger partial charge in [-0.3, -0.25) is 4.79 Å². The molecule has 1 aromatic carbocycles. The summed E-state index contributed by atoms with van der Waals surface area (Å²) in [6.07, 6.45) is 4.65. The molecule has 0 aliphatic carbocycles. The van der Waals surface area contributed by atoms with Crippen molar-refractivity contribution in [3.05, 3.63) is 58.9 Å². The van der Waals surface area contributed by atoms with Gasteiger partial charge in [-0.15, -0.1) is 0 Å². The second-order valence-electron chi connectivity index (χ2n) is 4.77. The number of rotatable bonds is 5. The molecule has 19 heavy (non-hydrogen) atoms. The molecule has 0 saturated carbocycles. The van der Waals surface area contributed by atoms with Crippen molar-refractivity contribution in [2.45, 2.75) is 26.2 Å². The summed E-state index contributed by atoms with van der Waals surface area (Å²) >= 11 is 0. The minimum atomic E-state index is -0.610. The smallest absolute Gasteiger partial charge is 0.416 e. The molecule has 1 aromatic heterocycles. The van der Waals surface area contributed by atoms with Crippen LogP contribution in [-0.4, -0.2) is 10.5 Å². The molecule has 4 nitrogen and oxygen atoms in total. The fourth-order valence-corrected chi connectivity index (χ4v) is 2.06. The third-order valence-electron chi connectivity index (χ3n) is 3.12. The Morgan fingerprint density at radius 3 is 2.68 bits per heavy atom. The van der Waals surface area contributed by atoms with Gasteiger partial charge in [0.05, 0.1) is 6.20 Å². The molecule has 2 aromatic rings. The van der Waals surface area contributed by atoms with E-state index in [1.165, 1.54) is 18.0 Å². The van der Waals surface area contributed by atoms with Gasteiger partial charge in [-0.25, -0.2) is 9.36 Å². The highest BCUT2D eigenvalue weighted by molar-refractivity contribution is 5.78. The Labute approximate surface area is 111 Å². The van der Waals surface area contributed by atoms with E-state index in [1.807, 2.05) is 18.2 Å². The van der Waals surface area contributed by atoms with E-state index in [2.05, 4.69) is 23.5 Å². The van der Waals surface area contributed by atoms with Crippen molar-refractivity contribution in [2.75, 3.05) is 0 Å². The Morgan fingerprint density at radius 1 is 1.32 bits per heavy atom. The molecular formula is C15H17NO3. The van der Waals surface area contributed by atoms with Gasteiger partial charge in [0.1, 0.15) is 6.26 Å². The molecule has 0 aliphatic heterocycles. The first kappa shape index (κ1) is 13.3. The van der Waals surface area contributed by atoms with Gasteiger partial charge in [0, 0.05) is 6.42 Å². The molecule has 1 heterocycles. The van der Waals surface area contributed by atoms with Gasteiger partial charge in [-0.1, -0.05) is 37.3 Å². The van der Waals surface area contributed by atoms with Crippen LogP contribution in [0.3, 0.4) is 0 Å². The molecule has 0 saturated heterocycles. The molecule has 2 rings (SSSR count). The Morgan fingerprint density at radius 2 is 2.05 bits per heavy atom. The first-order valence-electron chi connectivity index (χ1n) is 6.40. The van der Waals surface area contributed by atoms with Crippen molar-refractivity contribution in [3.8, 4) is 0 Å². The van der Waals surface area contributed by atoms with Gasteiger partial charge >= 0.3 is 5.76 Å². The van der Waals surface area contributed by atoms with Crippen molar-refractivity contribution in [2.24, 2.45) is 5.92 Å². The Kier molecular flexibility index (Phi) is 4.34. The molecule has 0 fully saturated rings. The van der Waals surface area contributed by atoms with Crippen LogP contribution in [0.5, 0.6) is 0 Å². The van der Waals surface area contributed by atoms with Crippen molar-refractivity contribution in [3.63, 3.8) is 0 Å². The van der Waals surface area contributed by atoms with E-state index in [-0.39, 0.29) is 5.91 Å². The van der Waals surface area contributed by atoms with Gasteiger partial charge in [0.25, 0.3) is 0 Å². The molecule has 0 spiro atoms. The SMILES string of the molecule is CC(CCC(=O)n1ccoc1=O)Cc1ccccc1. The summed E-state index contributed by atoms with van der Waals surface area (Å²) in [5.41, 5.74) is 1.27. The van der Waals surface area contributed by atoms with E-state index in [4.69, 9.17) is 0 Å². The van der Waals surface area contributed by atoms with E-state index in [1.54, 1.807) is 0 Å². The fraction of sp³-hybridized carbons (Fsp3) is 0.333. The van der Waals surface area contributed by atoms with Crippen LogP contribution in [0.15, 0.2) is 52.0 Å². The topological polar surface area (TPSA) is 52.2 Å². The molecular weight excluding hydrogens is 242 g/mol. The quantitative estimate of drug-likeness (QED) is 0.829. The highest BCUT2D eigenvalue weighted by atomic mass is 16.4. The van der Waals surface area contributed by atoms with Crippen LogP contribution in [0.4, 0.5) is 0 Å².